The largest absolute Gasteiger partial charge is 0.393 e. The molecular weight excluding hydrogens is 324 g/mol. The van der Waals surface area contributed by atoms with Crippen molar-refractivity contribution < 1.29 is 0 Å². The van der Waals surface area contributed by atoms with Gasteiger partial charge in [0.2, 0.25) is 0 Å². The third kappa shape index (κ3) is 4.43. The topological polar surface area (TPSA) is 87.9 Å². The predicted molar refractivity (Wildman–Crippen MR) is 109 cm³/mol. The van der Waals surface area contributed by atoms with E-state index in [2.05, 4.69) is 72.7 Å². The summed E-state index contributed by atoms with van der Waals surface area (Å²) in [6.07, 6.45) is 3.55. The third-order valence-corrected chi connectivity index (χ3v) is 4.70. The Labute approximate surface area is 156 Å². The number of anilines is 4. The van der Waals surface area contributed by atoms with Crippen molar-refractivity contribution in [1.29, 1.82) is 0 Å². The van der Waals surface area contributed by atoms with Crippen LogP contribution in [0.3, 0.4) is 0 Å². The number of hydrogen-bond acceptors (Lipinski definition) is 6. The number of piperidine rings is 1. The van der Waals surface area contributed by atoms with Crippen molar-refractivity contribution >= 4 is 23.0 Å². The Balaban J connectivity index is 1.79. The molecule has 2 heterocycles. The van der Waals surface area contributed by atoms with Crippen LogP contribution >= 0.6 is 0 Å². The van der Waals surface area contributed by atoms with E-state index in [-0.39, 0.29) is 11.1 Å². The monoisotopic (exact) mass is 354 g/mol. The van der Waals surface area contributed by atoms with E-state index >= 15 is 0 Å². The van der Waals surface area contributed by atoms with Gasteiger partial charge < -0.3 is 21.7 Å². The molecule has 0 atom stereocenters. The maximum atomic E-state index is 6.36. The molecule has 1 aromatic heterocycles. The van der Waals surface area contributed by atoms with E-state index in [4.69, 9.17) is 5.73 Å². The van der Waals surface area contributed by atoms with Crippen LogP contribution in [0.2, 0.25) is 0 Å². The molecule has 0 bridgehead atoms. The molecular formula is C20H30N6. The number of hydrogen-bond donors (Lipinski definition) is 4. The van der Waals surface area contributed by atoms with Crippen LogP contribution in [0.15, 0.2) is 30.6 Å². The van der Waals surface area contributed by atoms with Crippen LogP contribution in [0.4, 0.5) is 23.0 Å². The lowest BCUT2D eigenvalue weighted by molar-refractivity contribution is 0.170. The van der Waals surface area contributed by atoms with Crippen molar-refractivity contribution in [3.8, 4) is 0 Å². The van der Waals surface area contributed by atoms with E-state index in [0.717, 1.165) is 18.5 Å². The number of aromatic nitrogens is 2. The van der Waals surface area contributed by atoms with Gasteiger partial charge in [0, 0.05) is 22.8 Å². The number of nitrogens with two attached hydrogens (primary N) is 1. The Morgan fingerprint density at radius 1 is 1.08 bits per heavy atom. The zero-order chi connectivity index (χ0) is 18.9. The SMILES string of the molecule is Cc1cccc(Nc2ncnc(NC3CC(C)(C)NC(C)(C)C3)c2N)c1. The van der Waals surface area contributed by atoms with Crippen molar-refractivity contribution in [3.63, 3.8) is 0 Å². The third-order valence-electron chi connectivity index (χ3n) is 4.70. The summed E-state index contributed by atoms with van der Waals surface area (Å²) in [6, 6.07) is 8.42. The first-order chi connectivity index (χ1) is 12.1. The van der Waals surface area contributed by atoms with E-state index in [1.54, 1.807) is 6.33 Å². The summed E-state index contributed by atoms with van der Waals surface area (Å²) in [4.78, 5) is 8.69. The summed E-state index contributed by atoms with van der Waals surface area (Å²) in [5.41, 5.74) is 9.16. The van der Waals surface area contributed by atoms with Gasteiger partial charge in [-0.15, -0.1) is 0 Å². The number of rotatable bonds is 4. The second kappa shape index (κ2) is 6.76. The van der Waals surface area contributed by atoms with E-state index < -0.39 is 0 Å². The molecule has 3 rings (SSSR count). The molecule has 0 amide bonds. The van der Waals surface area contributed by atoms with Crippen molar-refractivity contribution in [2.45, 2.75) is 64.6 Å². The second-order valence-corrected chi connectivity index (χ2v) is 8.62. The number of aryl methyl sites for hydroxylation is 1. The summed E-state index contributed by atoms with van der Waals surface area (Å²) in [5.74, 6) is 1.31. The number of nitrogens with zero attached hydrogens (tertiary/aromatic N) is 2. The van der Waals surface area contributed by atoms with Gasteiger partial charge in [-0.25, -0.2) is 9.97 Å². The Morgan fingerprint density at radius 2 is 1.73 bits per heavy atom. The minimum absolute atomic E-state index is 0.0594. The summed E-state index contributed by atoms with van der Waals surface area (Å²) < 4.78 is 0. The Kier molecular flexibility index (Phi) is 4.80. The molecule has 0 radical (unpaired) electrons. The van der Waals surface area contributed by atoms with Crippen molar-refractivity contribution in [2.24, 2.45) is 0 Å². The highest BCUT2D eigenvalue weighted by Gasteiger charge is 2.37. The number of nitrogens with one attached hydrogen (secondary N) is 3. The first-order valence-corrected chi connectivity index (χ1v) is 9.14. The molecule has 140 valence electrons. The molecule has 6 nitrogen and oxygen atoms in total. The average Bonchev–Trinajstić information content (AvgIpc) is 2.48. The van der Waals surface area contributed by atoms with Crippen LogP contribution in [0.25, 0.3) is 0 Å². The molecule has 1 fully saturated rings. The molecule has 1 aromatic carbocycles. The quantitative estimate of drug-likeness (QED) is 0.667. The van der Waals surface area contributed by atoms with Gasteiger partial charge in [0.15, 0.2) is 11.6 Å². The van der Waals surface area contributed by atoms with E-state index in [0.29, 0.717) is 23.4 Å². The van der Waals surface area contributed by atoms with Crippen molar-refractivity contribution in [1.82, 2.24) is 15.3 Å². The second-order valence-electron chi connectivity index (χ2n) is 8.62. The maximum Gasteiger partial charge on any atom is 0.159 e. The van der Waals surface area contributed by atoms with Gasteiger partial charge in [-0.2, -0.15) is 0 Å². The molecule has 1 aliphatic rings. The fourth-order valence-electron chi connectivity index (χ4n) is 4.09. The van der Waals surface area contributed by atoms with Crippen LogP contribution in [-0.4, -0.2) is 27.1 Å². The lowest BCUT2D eigenvalue weighted by Gasteiger charge is -2.46. The van der Waals surface area contributed by atoms with Gasteiger partial charge in [0.1, 0.15) is 12.0 Å². The standard InChI is InChI=1S/C20H30N6/c1-13-7-6-8-14(9-13)24-17-16(21)18(23-12-22-17)25-15-10-19(2,3)26-20(4,5)11-15/h6-9,12,15,26H,10-11,21H2,1-5H3,(H2,22,23,24,25). The van der Waals surface area contributed by atoms with Gasteiger partial charge in [-0.1, -0.05) is 12.1 Å². The van der Waals surface area contributed by atoms with Gasteiger partial charge in [-0.05, 0) is 65.2 Å². The zero-order valence-corrected chi connectivity index (χ0v) is 16.4. The molecule has 0 unspecified atom stereocenters. The summed E-state index contributed by atoms with van der Waals surface area (Å²) in [7, 11) is 0. The molecule has 6 heteroatoms. The summed E-state index contributed by atoms with van der Waals surface area (Å²) >= 11 is 0. The lowest BCUT2D eigenvalue weighted by atomic mass is 9.79. The summed E-state index contributed by atoms with van der Waals surface area (Å²) in [6.45, 7) is 11.0. The van der Waals surface area contributed by atoms with Crippen LogP contribution in [0.1, 0.15) is 46.1 Å². The zero-order valence-electron chi connectivity index (χ0n) is 16.4. The highest BCUT2D eigenvalue weighted by molar-refractivity contribution is 5.77. The van der Waals surface area contributed by atoms with E-state index in [1.807, 2.05) is 12.1 Å². The maximum absolute atomic E-state index is 6.36. The molecule has 0 spiro atoms. The first kappa shape index (κ1) is 18.5. The van der Waals surface area contributed by atoms with Gasteiger partial charge in [0.25, 0.3) is 0 Å². The minimum Gasteiger partial charge on any atom is -0.393 e. The smallest absolute Gasteiger partial charge is 0.159 e. The fourth-order valence-corrected chi connectivity index (χ4v) is 4.09. The van der Waals surface area contributed by atoms with Gasteiger partial charge in [0.05, 0.1) is 0 Å². The Morgan fingerprint density at radius 3 is 2.38 bits per heavy atom. The van der Waals surface area contributed by atoms with Gasteiger partial charge in [-0.3, -0.25) is 0 Å². The van der Waals surface area contributed by atoms with Crippen molar-refractivity contribution in [3.05, 3.63) is 36.2 Å². The number of benzene rings is 1. The molecule has 1 saturated heterocycles. The molecule has 1 aliphatic heterocycles. The number of nitrogen functional groups attached to an aromatic ring is 1. The predicted octanol–water partition coefficient (Wildman–Crippen LogP) is 3.83. The van der Waals surface area contributed by atoms with Crippen LogP contribution < -0.4 is 21.7 Å². The van der Waals surface area contributed by atoms with Crippen LogP contribution in [0.5, 0.6) is 0 Å². The first-order valence-electron chi connectivity index (χ1n) is 9.14. The normalized spacial score (nSPS) is 19.1. The van der Waals surface area contributed by atoms with E-state index in [9.17, 15) is 0 Å². The molecule has 26 heavy (non-hydrogen) atoms. The molecule has 0 aliphatic carbocycles. The Bertz CT molecular complexity index is 768. The van der Waals surface area contributed by atoms with Crippen LogP contribution in [0, 0.1) is 6.92 Å². The minimum atomic E-state index is 0.0594. The molecule has 2 aromatic rings. The molecule has 0 saturated carbocycles. The fraction of sp³-hybridized carbons (Fsp3) is 0.500. The lowest BCUT2D eigenvalue weighted by Crippen LogP contribution is -2.60. The van der Waals surface area contributed by atoms with E-state index in [1.165, 1.54) is 5.56 Å². The highest BCUT2D eigenvalue weighted by atomic mass is 15.1. The van der Waals surface area contributed by atoms with Crippen molar-refractivity contribution in [2.75, 3.05) is 16.4 Å². The summed E-state index contributed by atoms with van der Waals surface area (Å²) in [5, 5.41) is 10.5. The average molecular weight is 355 g/mol. The van der Waals surface area contributed by atoms with Gasteiger partial charge >= 0.3 is 0 Å². The van der Waals surface area contributed by atoms with Crippen LogP contribution in [-0.2, 0) is 0 Å². The Hall–Kier alpha value is -2.34. The molecule has 5 N–H and O–H groups in total. The highest BCUT2D eigenvalue weighted by Crippen LogP contribution is 2.32.